The Balaban J connectivity index is 1.75. The third-order valence-corrected chi connectivity index (χ3v) is 3.37. The number of rotatable bonds is 3. The van der Waals surface area contributed by atoms with Crippen LogP contribution < -0.4 is 0 Å². The average Bonchev–Trinajstić information content (AvgIpc) is 2.68. The molecule has 2 rings (SSSR count). The van der Waals surface area contributed by atoms with E-state index in [1.807, 2.05) is 0 Å². The molecule has 0 radical (unpaired) electrons. The van der Waals surface area contributed by atoms with Crippen LogP contribution in [0, 0.1) is 5.92 Å². The van der Waals surface area contributed by atoms with Gasteiger partial charge in [0.15, 0.2) is 6.29 Å². The van der Waals surface area contributed by atoms with Crippen molar-refractivity contribution in [3.8, 4) is 0 Å². The van der Waals surface area contributed by atoms with Gasteiger partial charge in [-0.15, -0.1) is 0 Å². The van der Waals surface area contributed by atoms with Crippen molar-refractivity contribution in [3.05, 3.63) is 0 Å². The smallest absolute Gasteiger partial charge is 0.161 e. The van der Waals surface area contributed by atoms with E-state index < -0.39 is 0 Å². The average molecular weight is 215 g/mol. The van der Waals surface area contributed by atoms with Crippen molar-refractivity contribution in [1.82, 2.24) is 4.90 Å². The van der Waals surface area contributed by atoms with Crippen molar-refractivity contribution < 1.29 is 14.6 Å². The molecule has 0 bridgehead atoms. The standard InChI is InChI=1S/C11H21NO3/c1-12-5-2-9(3-6-12)11-14-8-10(15-11)4-7-13/h9-11,13H,2-8H2,1H3. The van der Waals surface area contributed by atoms with Gasteiger partial charge in [0.25, 0.3) is 0 Å². The van der Waals surface area contributed by atoms with Crippen LogP contribution in [0.25, 0.3) is 0 Å². The summed E-state index contributed by atoms with van der Waals surface area (Å²) in [4.78, 5) is 2.34. The van der Waals surface area contributed by atoms with E-state index in [-0.39, 0.29) is 19.0 Å². The molecule has 0 saturated carbocycles. The van der Waals surface area contributed by atoms with Gasteiger partial charge in [-0.2, -0.15) is 0 Å². The summed E-state index contributed by atoms with van der Waals surface area (Å²) in [5, 5.41) is 8.82. The SMILES string of the molecule is CN1CCC(C2OCC(CCO)O2)CC1. The van der Waals surface area contributed by atoms with Crippen molar-refractivity contribution >= 4 is 0 Å². The first-order chi connectivity index (χ1) is 7.29. The molecule has 2 saturated heterocycles. The molecule has 0 aromatic heterocycles. The molecule has 1 N–H and O–H groups in total. The van der Waals surface area contributed by atoms with Crippen molar-refractivity contribution in [1.29, 1.82) is 0 Å². The van der Waals surface area contributed by atoms with E-state index in [1.165, 1.54) is 0 Å². The van der Waals surface area contributed by atoms with Gasteiger partial charge in [0.2, 0.25) is 0 Å². The van der Waals surface area contributed by atoms with Gasteiger partial charge in [-0.1, -0.05) is 0 Å². The molecule has 0 amide bonds. The summed E-state index contributed by atoms with van der Waals surface area (Å²) in [6.45, 7) is 3.11. The molecule has 2 aliphatic rings. The predicted molar refractivity (Wildman–Crippen MR) is 56.5 cm³/mol. The number of aliphatic hydroxyl groups is 1. The van der Waals surface area contributed by atoms with Gasteiger partial charge in [-0.3, -0.25) is 0 Å². The highest BCUT2D eigenvalue weighted by Gasteiger charge is 2.33. The summed E-state index contributed by atoms with van der Waals surface area (Å²) >= 11 is 0. The van der Waals surface area contributed by atoms with E-state index >= 15 is 0 Å². The quantitative estimate of drug-likeness (QED) is 0.742. The Labute approximate surface area is 91.2 Å². The third-order valence-electron chi connectivity index (χ3n) is 3.37. The van der Waals surface area contributed by atoms with E-state index in [1.54, 1.807) is 0 Å². The largest absolute Gasteiger partial charge is 0.396 e. The molecule has 15 heavy (non-hydrogen) atoms. The number of nitrogens with zero attached hydrogens (tertiary/aromatic N) is 1. The monoisotopic (exact) mass is 215 g/mol. The molecule has 2 atom stereocenters. The van der Waals surface area contributed by atoms with Gasteiger partial charge in [0.05, 0.1) is 12.7 Å². The first kappa shape index (κ1) is 11.3. The summed E-state index contributed by atoms with van der Waals surface area (Å²) in [7, 11) is 2.15. The normalized spacial score (nSPS) is 34.8. The van der Waals surface area contributed by atoms with Crippen LogP contribution in [0.5, 0.6) is 0 Å². The minimum Gasteiger partial charge on any atom is -0.396 e. The lowest BCUT2D eigenvalue weighted by Crippen LogP contribution is -2.36. The van der Waals surface area contributed by atoms with Crippen LogP contribution in [-0.4, -0.2) is 55.8 Å². The molecule has 4 nitrogen and oxygen atoms in total. The van der Waals surface area contributed by atoms with E-state index in [2.05, 4.69) is 11.9 Å². The van der Waals surface area contributed by atoms with Crippen molar-refractivity contribution in [2.24, 2.45) is 5.92 Å². The van der Waals surface area contributed by atoms with Crippen molar-refractivity contribution in [2.45, 2.75) is 31.7 Å². The van der Waals surface area contributed by atoms with E-state index in [0.717, 1.165) is 25.9 Å². The zero-order chi connectivity index (χ0) is 10.7. The third kappa shape index (κ3) is 2.91. The van der Waals surface area contributed by atoms with Crippen LogP contribution in [0.2, 0.25) is 0 Å². The minimum atomic E-state index is -0.0183. The Morgan fingerprint density at radius 2 is 2.07 bits per heavy atom. The number of likely N-dealkylation sites (tertiary alicyclic amines) is 1. The summed E-state index contributed by atoms with van der Waals surface area (Å²) in [6, 6.07) is 0. The van der Waals surface area contributed by atoms with Crippen LogP contribution in [0.15, 0.2) is 0 Å². The van der Waals surface area contributed by atoms with Crippen LogP contribution in [-0.2, 0) is 9.47 Å². The van der Waals surface area contributed by atoms with E-state index in [9.17, 15) is 0 Å². The summed E-state index contributed by atoms with van der Waals surface area (Å²) in [6.07, 6.45) is 3.11. The maximum atomic E-state index is 8.82. The highest BCUT2D eigenvalue weighted by Crippen LogP contribution is 2.28. The lowest BCUT2D eigenvalue weighted by molar-refractivity contribution is -0.110. The molecule has 0 aromatic carbocycles. The Bertz CT molecular complexity index is 192. The molecular weight excluding hydrogens is 194 g/mol. The lowest BCUT2D eigenvalue weighted by atomic mass is 9.97. The van der Waals surface area contributed by atoms with Crippen LogP contribution >= 0.6 is 0 Å². The van der Waals surface area contributed by atoms with E-state index in [0.29, 0.717) is 18.9 Å². The van der Waals surface area contributed by atoms with Gasteiger partial charge >= 0.3 is 0 Å². The summed E-state index contributed by atoms with van der Waals surface area (Å²) in [5.41, 5.74) is 0. The first-order valence-electron chi connectivity index (χ1n) is 5.86. The Morgan fingerprint density at radius 3 is 2.73 bits per heavy atom. The fourth-order valence-electron chi connectivity index (χ4n) is 2.31. The lowest BCUT2D eigenvalue weighted by Gasteiger charge is -2.31. The van der Waals surface area contributed by atoms with Crippen LogP contribution in [0.1, 0.15) is 19.3 Å². The fraction of sp³-hybridized carbons (Fsp3) is 1.00. The molecule has 4 heteroatoms. The van der Waals surface area contributed by atoms with Gasteiger partial charge < -0.3 is 19.5 Å². The molecule has 2 unspecified atom stereocenters. The maximum absolute atomic E-state index is 8.82. The predicted octanol–water partition coefficient (Wildman–Crippen LogP) is 0.452. The Hall–Kier alpha value is -0.160. The zero-order valence-corrected chi connectivity index (χ0v) is 9.39. The highest BCUT2D eigenvalue weighted by atomic mass is 16.7. The molecular formula is C11H21NO3. The number of hydrogen-bond donors (Lipinski definition) is 1. The number of ether oxygens (including phenoxy) is 2. The Morgan fingerprint density at radius 1 is 1.33 bits per heavy atom. The molecule has 0 spiro atoms. The van der Waals surface area contributed by atoms with E-state index in [4.69, 9.17) is 14.6 Å². The second-order valence-electron chi connectivity index (χ2n) is 4.61. The van der Waals surface area contributed by atoms with Crippen molar-refractivity contribution in [3.63, 3.8) is 0 Å². The van der Waals surface area contributed by atoms with Gasteiger partial charge in [0, 0.05) is 12.5 Å². The fourth-order valence-corrected chi connectivity index (χ4v) is 2.31. The molecule has 88 valence electrons. The number of aliphatic hydroxyl groups excluding tert-OH is 1. The van der Waals surface area contributed by atoms with Crippen LogP contribution in [0.4, 0.5) is 0 Å². The second-order valence-corrected chi connectivity index (χ2v) is 4.61. The molecule has 2 fully saturated rings. The summed E-state index contributed by atoms with van der Waals surface area (Å²) in [5.74, 6) is 0.546. The minimum absolute atomic E-state index is 0.0183. The summed E-state index contributed by atoms with van der Waals surface area (Å²) < 4.78 is 11.4. The van der Waals surface area contributed by atoms with Crippen molar-refractivity contribution in [2.75, 3.05) is 33.4 Å². The molecule has 2 heterocycles. The molecule has 0 aromatic rings. The van der Waals surface area contributed by atoms with Gasteiger partial charge in [-0.25, -0.2) is 0 Å². The topological polar surface area (TPSA) is 41.9 Å². The maximum Gasteiger partial charge on any atom is 0.161 e. The molecule has 0 aliphatic carbocycles. The van der Waals surface area contributed by atoms with Gasteiger partial charge in [-0.05, 0) is 39.4 Å². The van der Waals surface area contributed by atoms with Crippen LogP contribution in [0.3, 0.4) is 0 Å². The number of hydrogen-bond acceptors (Lipinski definition) is 4. The number of piperidine rings is 1. The molecule has 2 aliphatic heterocycles. The highest BCUT2D eigenvalue weighted by molar-refractivity contribution is 4.76. The Kier molecular flexibility index (Phi) is 3.97. The zero-order valence-electron chi connectivity index (χ0n) is 9.39. The van der Waals surface area contributed by atoms with Gasteiger partial charge in [0.1, 0.15) is 0 Å². The first-order valence-corrected chi connectivity index (χ1v) is 5.86. The second kappa shape index (κ2) is 5.25.